The van der Waals surface area contributed by atoms with Crippen LogP contribution >= 0.6 is 22.9 Å². The molecule has 0 unspecified atom stereocenters. The van der Waals surface area contributed by atoms with Crippen LogP contribution in [-0.2, 0) is 6.61 Å². The Labute approximate surface area is 179 Å². The minimum Gasteiger partial charge on any atom is -0.488 e. The van der Waals surface area contributed by atoms with Crippen molar-refractivity contribution in [2.45, 2.75) is 6.61 Å². The number of para-hydroxylation sites is 1. The summed E-state index contributed by atoms with van der Waals surface area (Å²) < 4.78 is 19.3. The molecule has 0 saturated heterocycles. The Bertz CT molecular complexity index is 1340. The van der Waals surface area contributed by atoms with Gasteiger partial charge < -0.3 is 4.74 Å². The Hall–Kier alpha value is -3.29. The number of amides is 1. The molecule has 8 heteroatoms. The molecule has 0 spiro atoms. The summed E-state index contributed by atoms with van der Waals surface area (Å²) >= 11 is 7.48. The van der Waals surface area contributed by atoms with Gasteiger partial charge in [0.2, 0.25) is 0 Å². The van der Waals surface area contributed by atoms with Gasteiger partial charge in [-0.25, -0.2) is 14.8 Å². The van der Waals surface area contributed by atoms with Gasteiger partial charge in [0.15, 0.2) is 0 Å². The Kier molecular flexibility index (Phi) is 4.69. The second kappa shape index (κ2) is 7.51. The van der Waals surface area contributed by atoms with Crippen molar-refractivity contribution < 1.29 is 13.9 Å². The van der Waals surface area contributed by atoms with Crippen LogP contribution in [0.3, 0.4) is 0 Å². The molecule has 0 aliphatic carbocycles. The molecule has 30 heavy (non-hydrogen) atoms. The number of carbonyl (C=O) groups is 1. The quantitative estimate of drug-likeness (QED) is 0.265. The maximum Gasteiger partial charge on any atom is 0.281 e. The number of fused-ring (bicyclic) bond motifs is 4. The largest absolute Gasteiger partial charge is 0.488 e. The second-order valence-electron chi connectivity index (χ2n) is 6.65. The molecule has 3 heterocycles. The van der Waals surface area contributed by atoms with E-state index in [1.807, 2.05) is 30.3 Å². The summed E-state index contributed by atoms with van der Waals surface area (Å²) in [6, 6.07) is 15.6. The topological polar surface area (TPSA) is 63.6 Å². The van der Waals surface area contributed by atoms with Crippen molar-refractivity contribution in [3.63, 3.8) is 0 Å². The number of benzene rings is 2. The van der Waals surface area contributed by atoms with Crippen LogP contribution in [0.4, 0.5) is 4.39 Å². The molecule has 2 aromatic carbocycles. The number of hydrogen-bond donors (Lipinski definition) is 1. The lowest BCUT2D eigenvalue weighted by molar-refractivity contribution is 0.0959. The molecule has 1 aliphatic rings. The fraction of sp³-hybridized carbons (Fsp3) is 0.0455. The first-order valence-corrected chi connectivity index (χ1v) is 10.2. The van der Waals surface area contributed by atoms with Crippen molar-refractivity contribution in [1.29, 1.82) is 0 Å². The summed E-state index contributed by atoms with van der Waals surface area (Å²) in [6.07, 6.45) is 1.46. The molecule has 5 rings (SSSR count). The smallest absolute Gasteiger partial charge is 0.281 e. The third-order valence-electron chi connectivity index (χ3n) is 4.68. The maximum absolute atomic E-state index is 13.6. The number of hydrazone groups is 1. The molecule has 0 bridgehead atoms. The van der Waals surface area contributed by atoms with Gasteiger partial charge in [-0.2, -0.15) is 5.10 Å². The summed E-state index contributed by atoms with van der Waals surface area (Å²) in [4.78, 5) is 18.2. The van der Waals surface area contributed by atoms with Gasteiger partial charge in [0.05, 0.1) is 16.6 Å². The van der Waals surface area contributed by atoms with Gasteiger partial charge in [-0.05, 0) is 36.4 Å². The zero-order valence-electron chi connectivity index (χ0n) is 15.4. The van der Waals surface area contributed by atoms with Gasteiger partial charge in [-0.3, -0.25) is 4.79 Å². The van der Waals surface area contributed by atoms with Gasteiger partial charge in [-0.15, -0.1) is 11.3 Å². The molecule has 4 aromatic rings. The average molecular weight is 438 g/mol. The number of nitrogens with zero attached hydrogens (tertiary/aromatic N) is 2. The SMILES string of the molecule is O=C(N/N=C/c1cc2ccccc2nc1Cl)c1cc2c(s1)-c1cc(F)ccc1OC2. The average Bonchev–Trinajstić information content (AvgIpc) is 3.19. The number of hydrogen-bond acceptors (Lipinski definition) is 5. The number of thiophene rings is 1. The summed E-state index contributed by atoms with van der Waals surface area (Å²) in [5, 5.41) is 5.24. The molecule has 0 saturated carbocycles. The third kappa shape index (κ3) is 3.42. The number of carbonyl (C=O) groups excluding carboxylic acids is 1. The minimum absolute atomic E-state index is 0.300. The number of halogens is 2. The Morgan fingerprint density at radius 3 is 3.00 bits per heavy atom. The lowest BCUT2D eigenvalue weighted by atomic mass is 10.1. The molecular formula is C22H13ClFN3O2S. The van der Waals surface area contributed by atoms with E-state index in [1.54, 1.807) is 12.1 Å². The van der Waals surface area contributed by atoms with Gasteiger partial charge in [0.25, 0.3) is 5.91 Å². The molecule has 5 nitrogen and oxygen atoms in total. The van der Waals surface area contributed by atoms with Crippen molar-refractivity contribution >= 4 is 46.0 Å². The van der Waals surface area contributed by atoms with E-state index in [-0.39, 0.29) is 11.7 Å². The number of ether oxygens (including phenoxy) is 1. The van der Waals surface area contributed by atoms with Gasteiger partial charge in [0.1, 0.15) is 23.3 Å². The van der Waals surface area contributed by atoms with Gasteiger partial charge in [0, 0.05) is 27.0 Å². The molecule has 1 aliphatic heterocycles. The lowest BCUT2D eigenvalue weighted by Crippen LogP contribution is -2.16. The fourth-order valence-corrected chi connectivity index (χ4v) is 4.52. The number of pyridine rings is 1. The first kappa shape index (κ1) is 18.7. The van der Waals surface area contributed by atoms with Crippen LogP contribution in [0.1, 0.15) is 20.8 Å². The van der Waals surface area contributed by atoms with Crippen molar-refractivity contribution in [2.75, 3.05) is 0 Å². The third-order valence-corrected chi connectivity index (χ3v) is 6.19. The van der Waals surface area contributed by atoms with E-state index in [4.69, 9.17) is 16.3 Å². The van der Waals surface area contributed by atoms with Crippen molar-refractivity contribution in [1.82, 2.24) is 10.4 Å². The zero-order chi connectivity index (χ0) is 20.7. The van der Waals surface area contributed by atoms with Crippen LogP contribution in [0.2, 0.25) is 5.15 Å². The number of aromatic nitrogens is 1. The molecule has 0 atom stereocenters. The highest BCUT2D eigenvalue weighted by Crippen LogP contribution is 2.42. The van der Waals surface area contributed by atoms with E-state index in [1.165, 1.54) is 29.7 Å². The van der Waals surface area contributed by atoms with E-state index in [9.17, 15) is 9.18 Å². The fourth-order valence-electron chi connectivity index (χ4n) is 3.25. The van der Waals surface area contributed by atoms with Crippen LogP contribution in [0, 0.1) is 5.82 Å². The highest BCUT2D eigenvalue weighted by Gasteiger charge is 2.23. The summed E-state index contributed by atoms with van der Waals surface area (Å²) in [7, 11) is 0. The van der Waals surface area contributed by atoms with Crippen molar-refractivity contribution in [3.8, 4) is 16.2 Å². The first-order valence-electron chi connectivity index (χ1n) is 9.02. The van der Waals surface area contributed by atoms with Crippen molar-refractivity contribution in [2.24, 2.45) is 5.10 Å². The monoisotopic (exact) mass is 437 g/mol. The van der Waals surface area contributed by atoms with E-state index >= 15 is 0 Å². The molecule has 0 radical (unpaired) electrons. The van der Waals surface area contributed by atoms with Crippen LogP contribution in [-0.4, -0.2) is 17.1 Å². The molecule has 148 valence electrons. The first-order chi connectivity index (χ1) is 14.6. The Balaban J connectivity index is 1.36. The van der Waals surface area contributed by atoms with Gasteiger partial charge >= 0.3 is 0 Å². The van der Waals surface area contributed by atoms with Crippen LogP contribution in [0.5, 0.6) is 5.75 Å². The van der Waals surface area contributed by atoms with E-state index in [2.05, 4.69) is 15.5 Å². The van der Waals surface area contributed by atoms with E-state index in [0.717, 1.165) is 21.3 Å². The number of nitrogens with one attached hydrogen (secondary N) is 1. The van der Waals surface area contributed by atoms with E-state index < -0.39 is 0 Å². The van der Waals surface area contributed by atoms with Crippen molar-refractivity contribution in [3.05, 3.63) is 81.6 Å². The standard InChI is InChI=1S/C22H13ClFN3O2S/c23-21-13(7-12-3-1-2-4-17(12)26-21)10-25-27-22(28)19-8-14-11-29-18-6-5-15(24)9-16(18)20(14)30-19/h1-10H,11H2,(H,27,28)/b25-10+. The molecule has 2 aromatic heterocycles. The minimum atomic E-state index is -0.367. The normalized spacial score (nSPS) is 12.5. The number of rotatable bonds is 3. The summed E-state index contributed by atoms with van der Waals surface area (Å²) in [5.74, 6) is -0.113. The molecule has 1 amide bonds. The zero-order valence-corrected chi connectivity index (χ0v) is 16.9. The predicted octanol–water partition coefficient (Wildman–Crippen LogP) is 5.41. The molecule has 0 fully saturated rings. The highest BCUT2D eigenvalue weighted by molar-refractivity contribution is 7.17. The maximum atomic E-state index is 13.6. The second-order valence-corrected chi connectivity index (χ2v) is 8.06. The van der Waals surface area contributed by atoms with Crippen LogP contribution in [0.25, 0.3) is 21.3 Å². The lowest BCUT2D eigenvalue weighted by Gasteiger charge is -2.17. The summed E-state index contributed by atoms with van der Waals surface area (Å²) in [6.45, 7) is 0.333. The van der Waals surface area contributed by atoms with Crippen LogP contribution in [0.15, 0.2) is 59.7 Å². The Morgan fingerprint density at radius 2 is 2.10 bits per heavy atom. The summed E-state index contributed by atoms with van der Waals surface area (Å²) in [5.41, 5.74) is 5.38. The Morgan fingerprint density at radius 1 is 1.23 bits per heavy atom. The molecular weight excluding hydrogens is 425 g/mol. The molecule has 1 N–H and O–H groups in total. The van der Waals surface area contributed by atoms with Gasteiger partial charge in [-0.1, -0.05) is 29.8 Å². The van der Waals surface area contributed by atoms with Crippen LogP contribution < -0.4 is 10.2 Å². The highest BCUT2D eigenvalue weighted by atomic mass is 35.5. The predicted molar refractivity (Wildman–Crippen MR) is 116 cm³/mol. The van der Waals surface area contributed by atoms with E-state index in [0.29, 0.717) is 33.5 Å².